The first kappa shape index (κ1) is 16.5. The first-order valence-electron chi connectivity index (χ1n) is 6.99. The SMILES string of the molecule is CC(NC(=O)C(C)(C)C)C(=O)N1CCCC[C@H]1C(=O)O. The van der Waals surface area contributed by atoms with E-state index in [1.165, 1.54) is 4.90 Å². The molecule has 0 aromatic carbocycles. The lowest BCUT2D eigenvalue weighted by molar-refractivity contribution is -0.153. The van der Waals surface area contributed by atoms with Gasteiger partial charge in [-0.15, -0.1) is 0 Å². The highest BCUT2D eigenvalue weighted by molar-refractivity contribution is 5.91. The predicted octanol–water partition coefficient (Wildman–Crippen LogP) is 1.00. The number of rotatable bonds is 3. The molecule has 0 spiro atoms. The van der Waals surface area contributed by atoms with Crippen molar-refractivity contribution in [2.24, 2.45) is 5.41 Å². The molecule has 6 nitrogen and oxygen atoms in total. The van der Waals surface area contributed by atoms with Gasteiger partial charge < -0.3 is 15.3 Å². The van der Waals surface area contributed by atoms with E-state index in [2.05, 4.69) is 5.32 Å². The van der Waals surface area contributed by atoms with E-state index in [1.807, 2.05) is 0 Å². The van der Waals surface area contributed by atoms with Crippen LogP contribution < -0.4 is 5.32 Å². The Morgan fingerprint density at radius 2 is 1.85 bits per heavy atom. The fourth-order valence-corrected chi connectivity index (χ4v) is 2.18. The Hall–Kier alpha value is -1.59. The second kappa shape index (κ2) is 6.24. The maximum Gasteiger partial charge on any atom is 0.326 e. The second-order valence-electron chi connectivity index (χ2n) is 6.33. The predicted molar refractivity (Wildman–Crippen MR) is 74.0 cm³/mol. The second-order valence-corrected chi connectivity index (χ2v) is 6.33. The summed E-state index contributed by atoms with van der Waals surface area (Å²) in [5.41, 5.74) is -0.581. The summed E-state index contributed by atoms with van der Waals surface area (Å²) >= 11 is 0. The van der Waals surface area contributed by atoms with Crippen molar-refractivity contribution in [2.75, 3.05) is 6.54 Å². The molecule has 1 saturated heterocycles. The third-order valence-electron chi connectivity index (χ3n) is 3.47. The molecule has 20 heavy (non-hydrogen) atoms. The molecule has 0 radical (unpaired) electrons. The van der Waals surface area contributed by atoms with Crippen molar-refractivity contribution in [2.45, 2.75) is 59.0 Å². The molecule has 1 heterocycles. The average Bonchev–Trinajstić information content (AvgIpc) is 2.36. The van der Waals surface area contributed by atoms with E-state index in [0.29, 0.717) is 13.0 Å². The van der Waals surface area contributed by atoms with Crippen molar-refractivity contribution < 1.29 is 19.5 Å². The lowest BCUT2D eigenvalue weighted by Gasteiger charge is -2.35. The molecule has 114 valence electrons. The van der Waals surface area contributed by atoms with Crippen molar-refractivity contribution in [3.63, 3.8) is 0 Å². The Bertz CT molecular complexity index is 400. The molecule has 2 N–H and O–H groups in total. The molecule has 1 aliphatic heterocycles. The molecule has 0 aromatic heterocycles. The number of aliphatic carboxylic acids is 1. The summed E-state index contributed by atoms with van der Waals surface area (Å²) in [5.74, 6) is -1.52. The molecule has 2 amide bonds. The number of carbonyl (C=O) groups is 3. The number of hydrogen-bond donors (Lipinski definition) is 2. The Kier molecular flexibility index (Phi) is 5.14. The number of likely N-dealkylation sites (tertiary alicyclic amines) is 1. The van der Waals surface area contributed by atoms with Crippen LogP contribution in [0.5, 0.6) is 0 Å². The summed E-state index contributed by atoms with van der Waals surface area (Å²) < 4.78 is 0. The van der Waals surface area contributed by atoms with Gasteiger partial charge in [-0.3, -0.25) is 9.59 Å². The number of carbonyl (C=O) groups excluding carboxylic acids is 2. The van der Waals surface area contributed by atoms with E-state index in [0.717, 1.165) is 12.8 Å². The quantitative estimate of drug-likeness (QED) is 0.809. The number of hydrogen-bond acceptors (Lipinski definition) is 3. The molecule has 6 heteroatoms. The van der Waals surface area contributed by atoms with Crippen molar-refractivity contribution in [3.05, 3.63) is 0 Å². The topological polar surface area (TPSA) is 86.7 Å². The Labute approximate surface area is 119 Å². The Balaban J connectivity index is 2.72. The molecule has 2 atom stereocenters. The molecule has 0 aliphatic carbocycles. The van der Waals surface area contributed by atoms with Crippen LogP contribution in [-0.2, 0) is 14.4 Å². The lowest BCUT2D eigenvalue weighted by Crippen LogP contribution is -2.55. The zero-order valence-corrected chi connectivity index (χ0v) is 12.6. The average molecular weight is 284 g/mol. The number of carboxylic acids is 1. The molecule has 1 fully saturated rings. The van der Waals surface area contributed by atoms with Gasteiger partial charge in [-0.2, -0.15) is 0 Å². The number of amides is 2. The van der Waals surface area contributed by atoms with Crippen LogP contribution in [0.4, 0.5) is 0 Å². The van der Waals surface area contributed by atoms with E-state index in [9.17, 15) is 14.4 Å². The monoisotopic (exact) mass is 284 g/mol. The van der Waals surface area contributed by atoms with Gasteiger partial charge in [0.1, 0.15) is 12.1 Å². The van der Waals surface area contributed by atoms with Gasteiger partial charge in [0, 0.05) is 12.0 Å². The zero-order chi connectivity index (χ0) is 15.5. The van der Waals surface area contributed by atoms with Gasteiger partial charge in [0.25, 0.3) is 0 Å². The van der Waals surface area contributed by atoms with Crippen LogP contribution in [0.25, 0.3) is 0 Å². The molecule has 1 rings (SSSR count). The summed E-state index contributed by atoms with van der Waals surface area (Å²) in [5, 5.41) is 11.8. The van der Waals surface area contributed by atoms with Crippen molar-refractivity contribution in [3.8, 4) is 0 Å². The number of carboxylic acid groups (broad SMARTS) is 1. The van der Waals surface area contributed by atoms with Gasteiger partial charge in [-0.25, -0.2) is 4.79 Å². The molecule has 1 aliphatic rings. The minimum Gasteiger partial charge on any atom is -0.480 e. The number of nitrogens with zero attached hydrogens (tertiary/aromatic N) is 1. The fourth-order valence-electron chi connectivity index (χ4n) is 2.18. The molecular formula is C14H24N2O4. The minimum absolute atomic E-state index is 0.220. The molecule has 0 saturated carbocycles. The summed E-state index contributed by atoms with van der Waals surface area (Å²) in [4.78, 5) is 36.8. The van der Waals surface area contributed by atoms with Gasteiger partial charge in [-0.1, -0.05) is 20.8 Å². The van der Waals surface area contributed by atoms with Crippen molar-refractivity contribution in [1.29, 1.82) is 0 Å². The van der Waals surface area contributed by atoms with E-state index >= 15 is 0 Å². The maximum absolute atomic E-state index is 12.3. The van der Waals surface area contributed by atoms with Crippen LogP contribution >= 0.6 is 0 Å². The van der Waals surface area contributed by atoms with Gasteiger partial charge in [0.2, 0.25) is 11.8 Å². The minimum atomic E-state index is -0.979. The lowest BCUT2D eigenvalue weighted by atomic mass is 9.95. The highest BCUT2D eigenvalue weighted by Crippen LogP contribution is 2.19. The summed E-state index contributed by atoms with van der Waals surface area (Å²) in [7, 11) is 0. The van der Waals surface area contributed by atoms with E-state index in [4.69, 9.17) is 5.11 Å². The largest absolute Gasteiger partial charge is 0.480 e. The molecule has 0 bridgehead atoms. The van der Waals surface area contributed by atoms with Crippen molar-refractivity contribution >= 4 is 17.8 Å². The number of piperidine rings is 1. The van der Waals surface area contributed by atoms with Gasteiger partial charge in [-0.05, 0) is 26.2 Å². The van der Waals surface area contributed by atoms with Gasteiger partial charge in [0.15, 0.2) is 0 Å². The Morgan fingerprint density at radius 3 is 2.35 bits per heavy atom. The summed E-state index contributed by atoms with van der Waals surface area (Å²) in [6.07, 6.45) is 2.08. The zero-order valence-electron chi connectivity index (χ0n) is 12.6. The molecule has 1 unspecified atom stereocenters. The fraction of sp³-hybridized carbons (Fsp3) is 0.786. The van der Waals surface area contributed by atoms with Crippen molar-refractivity contribution in [1.82, 2.24) is 10.2 Å². The number of nitrogens with one attached hydrogen (secondary N) is 1. The Morgan fingerprint density at radius 1 is 1.25 bits per heavy atom. The standard InChI is InChI=1S/C14H24N2O4/c1-9(15-13(20)14(2,3)4)11(17)16-8-6-5-7-10(16)12(18)19/h9-10H,5-8H2,1-4H3,(H,15,20)(H,18,19)/t9?,10-/m0/s1. The van der Waals surface area contributed by atoms with Crippen LogP contribution in [0.3, 0.4) is 0 Å². The maximum atomic E-state index is 12.3. The normalized spacial score (nSPS) is 21.2. The highest BCUT2D eigenvalue weighted by Gasteiger charge is 2.35. The van der Waals surface area contributed by atoms with Crippen LogP contribution in [0.2, 0.25) is 0 Å². The van der Waals surface area contributed by atoms with Crippen LogP contribution in [0, 0.1) is 5.41 Å². The van der Waals surface area contributed by atoms with Gasteiger partial charge in [0.05, 0.1) is 0 Å². The smallest absolute Gasteiger partial charge is 0.326 e. The first-order valence-corrected chi connectivity index (χ1v) is 6.99. The molecule has 0 aromatic rings. The van der Waals surface area contributed by atoms with E-state index < -0.39 is 23.5 Å². The van der Waals surface area contributed by atoms with E-state index in [-0.39, 0.29) is 11.8 Å². The van der Waals surface area contributed by atoms with Crippen LogP contribution in [0.15, 0.2) is 0 Å². The molecular weight excluding hydrogens is 260 g/mol. The summed E-state index contributed by atoms with van der Waals surface area (Å²) in [6.45, 7) is 7.33. The summed E-state index contributed by atoms with van der Waals surface area (Å²) in [6, 6.07) is -1.48. The first-order chi connectivity index (χ1) is 9.14. The highest BCUT2D eigenvalue weighted by atomic mass is 16.4. The van der Waals surface area contributed by atoms with Crippen LogP contribution in [-0.4, -0.2) is 46.4 Å². The van der Waals surface area contributed by atoms with E-state index in [1.54, 1.807) is 27.7 Å². The van der Waals surface area contributed by atoms with Crippen LogP contribution in [0.1, 0.15) is 47.0 Å². The third-order valence-corrected chi connectivity index (χ3v) is 3.47. The third kappa shape index (κ3) is 3.95. The van der Waals surface area contributed by atoms with Gasteiger partial charge >= 0.3 is 5.97 Å².